The number of carbonyl (C=O) groups excluding carboxylic acids is 1. The molecule has 1 aromatic carbocycles. The fraction of sp³-hybridized carbons (Fsp3) is 0.400. The van der Waals surface area contributed by atoms with Gasteiger partial charge in [0.2, 0.25) is 0 Å². The van der Waals surface area contributed by atoms with E-state index in [0.29, 0.717) is 18.8 Å². The third-order valence-corrected chi connectivity index (χ3v) is 4.79. The van der Waals surface area contributed by atoms with Crippen LogP contribution in [0.1, 0.15) is 35.0 Å². The standard InChI is InChI=1S/C20H27BrN4O2/c1-4-22-20(25(3)14-16-8-5-6-9-17(16)21)24-12-7-11-23-19(26)18-15(2)10-13-27-18/h5-6,8-10,13H,4,7,11-12,14H2,1-3H3,(H,22,24)(H,23,26). The lowest BCUT2D eigenvalue weighted by atomic mass is 10.2. The van der Waals surface area contributed by atoms with Crippen LogP contribution in [0, 0.1) is 6.92 Å². The predicted molar refractivity (Wildman–Crippen MR) is 112 cm³/mol. The second kappa shape index (κ2) is 10.8. The lowest BCUT2D eigenvalue weighted by Gasteiger charge is -2.22. The van der Waals surface area contributed by atoms with Gasteiger partial charge in [-0.3, -0.25) is 9.79 Å². The van der Waals surface area contributed by atoms with Crippen molar-refractivity contribution in [2.45, 2.75) is 26.8 Å². The zero-order valence-electron chi connectivity index (χ0n) is 16.1. The van der Waals surface area contributed by atoms with Crippen molar-refractivity contribution in [1.29, 1.82) is 0 Å². The molecule has 2 aromatic rings. The van der Waals surface area contributed by atoms with Crippen molar-refractivity contribution in [3.8, 4) is 0 Å². The van der Waals surface area contributed by atoms with Gasteiger partial charge in [-0.05, 0) is 38.0 Å². The van der Waals surface area contributed by atoms with Gasteiger partial charge < -0.3 is 20.0 Å². The van der Waals surface area contributed by atoms with Crippen LogP contribution in [0.2, 0.25) is 0 Å². The van der Waals surface area contributed by atoms with Gasteiger partial charge in [0, 0.05) is 43.3 Å². The van der Waals surface area contributed by atoms with Crippen molar-refractivity contribution in [2.24, 2.45) is 4.99 Å². The van der Waals surface area contributed by atoms with E-state index < -0.39 is 0 Å². The maximum Gasteiger partial charge on any atom is 0.287 e. The lowest BCUT2D eigenvalue weighted by molar-refractivity contribution is 0.0925. The average molecular weight is 435 g/mol. The van der Waals surface area contributed by atoms with Crippen molar-refractivity contribution < 1.29 is 9.21 Å². The van der Waals surface area contributed by atoms with Crippen molar-refractivity contribution in [3.05, 3.63) is 58.0 Å². The molecule has 27 heavy (non-hydrogen) atoms. The summed E-state index contributed by atoms with van der Waals surface area (Å²) in [5.74, 6) is 1.04. The summed E-state index contributed by atoms with van der Waals surface area (Å²) in [5.41, 5.74) is 2.04. The molecule has 0 aliphatic carbocycles. The van der Waals surface area contributed by atoms with Crippen LogP contribution in [-0.2, 0) is 6.54 Å². The van der Waals surface area contributed by atoms with Crippen LogP contribution in [-0.4, -0.2) is 43.4 Å². The number of nitrogens with one attached hydrogen (secondary N) is 2. The number of furan rings is 1. The highest BCUT2D eigenvalue weighted by Gasteiger charge is 2.11. The molecule has 1 aromatic heterocycles. The van der Waals surface area contributed by atoms with Crippen LogP contribution in [0.5, 0.6) is 0 Å². The molecule has 6 nitrogen and oxygen atoms in total. The van der Waals surface area contributed by atoms with Gasteiger partial charge >= 0.3 is 0 Å². The lowest BCUT2D eigenvalue weighted by Crippen LogP contribution is -2.38. The molecule has 1 heterocycles. The van der Waals surface area contributed by atoms with E-state index in [2.05, 4.69) is 42.5 Å². The summed E-state index contributed by atoms with van der Waals surface area (Å²) in [6, 6.07) is 9.95. The summed E-state index contributed by atoms with van der Waals surface area (Å²) in [6.07, 6.45) is 2.28. The first-order valence-corrected chi connectivity index (χ1v) is 9.87. The quantitative estimate of drug-likeness (QED) is 0.378. The fourth-order valence-electron chi connectivity index (χ4n) is 2.58. The van der Waals surface area contributed by atoms with Crippen LogP contribution in [0.4, 0.5) is 0 Å². The zero-order valence-corrected chi connectivity index (χ0v) is 17.7. The smallest absolute Gasteiger partial charge is 0.287 e. The van der Waals surface area contributed by atoms with E-state index in [1.807, 2.05) is 39.1 Å². The molecule has 0 aliphatic rings. The van der Waals surface area contributed by atoms with Crippen LogP contribution < -0.4 is 10.6 Å². The molecule has 0 saturated heterocycles. The molecule has 0 spiro atoms. The molecule has 0 fully saturated rings. The summed E-state index contributed by atoms with van der Waals surface area (Å²) < 4.78 is 6.28. The molecule has 0 bridgehead atoms. The number of nitrogens with zero attached hydrogens (tertiary/aromatic N) is 2. The molecular formula is C20H27BrN4O2. The second-order valence-corrected chi connectivity index (χ2v) is 7.08. The number of carbonyl (C=O) groups is 1. The van der Waals surface area contributed by atoms with E-state index >= 15 is 0 Å². The average Bonchev–Trinajstić information content (AvgIpc) is 3.08. The summed E-state index contributed by atoms with van der Waals surface area (Å²) in [5, 5.41) is 6.18. The number of rotatable bonds is 8. The third-order valence-electron chi connectivity index (χ3n) is 4.01. The van der Waals surface area contributed by atoms with Gasteiger partial charge in [0.15, 0.2) is 11.7 Å². The Balaban J connectivity index is 1.83. The number of amides is 1. The second-order valence-electron chi connectivity index (χ2n) is 6.23. The first-order valence-electron chi connectivity index (χ1n) is 9.08. The van der Waals surface area contributed by atoms with Crippen molar-refractivity contribution in [1.82, 2.24) is 15.5 Å². The van der Waals surface area contributed by atoms with Gasteiger partial charge in [-0.1, -0.05) is 34.1 Å². The first kappa shape index (κ1) is 21.0. The molecule has 0 atom stereocenters. The van der Waals surface area contributed by atoms with Gasteiger partial charge in [-0.15, -0.1) is 0 Å². The highest BCUT2D eigenvalue weighted by molar-refractivity contribution is 9.10. The monoisotopic (exact) mass is 434 g/mol. The van der Waals surface area contributed by atoms with Gasteiger partial charge in [-0.25, -0.2) is 0 Å². The first-order chi connectivity index (χ1) is 13.0. The van der Waals surface area contributed by atoms with E-state index in [9.17, 15) is 4.79 Å². The minimum absolute atomic E-state index is 0.181. The zero-order chi connectivity index (χ0) is 19.6. The number of guanidine groups is 1. The van der Waals surface area contributed by atoms with Crippen LogP contribution in [0.25, 0.3) is 0 Å². The third kappa shape index (κ3) is 6.43. The molecule has 0 saturated carbocycles. The Hall–Kier alpha value is -2.28. The molecule has 1 amide bonds. The van der Waals surface area contributed by atoms with E-state index in [-0.39, 0.29) is 5.91 Å². The van der Waals surface area contributed by atoms with Crippen molar-refractivity contribution >= 4 is 27.8 Å². The number of hydrogen-bond donors (Lipinski definition) is 2. The Bertz CT molecular complexity index is 773. The molecule has 0 unspecified atom stereocenters. The molecule has 2 rings (SSSR count). The molecular weight excluding hydrogens is 408 g/mol. The minimum atomic E-state index is -0.181. The highest BCUT2D eigenvalue weighted by atomic mass is 79.9. The van der Waals surface area contributed by atoms with E-state index in [1.165, 1.54) is 11.8 Å². The minimum Gasteiger partial charge on any atom is -0.459 e. The highest BCUT2D eigenvalue weighted by Crippen LogP contribution is 2.17. The Morgan fingerprint density at radius 3 is 2.70 bits per heavy atom. The van der Waals surface area contributed by atoms with Gasteiger partial charge in [-0.2, -0.15) is 0 Å². The molecule has 146 valence electrons. The molecule has 0 aliphatic heterocycles. The summed E-state index contributed by atoms with van der Waals surface area (Å²) in [4.78, 5) is 18.8. The van der Waals surface area contributed by atoms with Crippen molar-refractivity contribution in [2.75, 3.05) is 26.7 Å². The molecule has 2 N–H and O–H groups in total. The number of halogens is 1. The Morgan fingerprint density at radius 1 is 1.26 bits per heavy atom. The van der Waals surface area contributed by atoms with E-state index in [0.717, 1.165) is 35.5 Å². The maximum absolute atomic E-state index is 12.0. The summed E-state index contributed by atoms with van der Waals surface area (Å²) in [6.45, 7) is 6.63. The van der Waals surface area contributed by atoms with Gasteiger partial charge in [0.05, 0.1) is 6.26 Å². The normalized spacial score (nSPS) is 11.3. The van der Waals surface area contributed by atoms with Gasteiger partial charge in [0.25, 0.3) is 5.91 Å². The van der Waals surface area contributed by atoms with Gasteiger partial charge in [0.1, 0.15) is 0 Å². The Labute approximate surface area is 169 Å². The van der Waals surface area contributed by atoms with Crippen LogP contribution in [0.3, 0.4) is 0 Å². The summed E-state index contributed by atoms with van der Waals surface area (Å²) in [7, 11) is 2.02. The number of hydrogen-bond acceptors (Lipinski definition) is 3. The summed E-state index contributed by atoms with van der Waals surface area (Å²) >= 11 is 3.59. The predicted octanol–water partition coefficient (Wildman–Crippen LogP) is 3.57. The van der Waals surface area contributed by atoms with Crippen LogP contribution >= 0.6 is 15.9 Å². The number of aryl methyl sites for hydroxylation is 1. The molecule has 7 heteroatoms. The Kier molecular flexibility index (Phi) is 8.39. The maximum atomic E-state index is 12.0. The van der Waals surface area contributed by atoms with E-state index in [1.54, 1.807) is 6.07 Å². The SMILES string of the molecule is CCNC(=NCCCNC(=O)c1occc1C)N(C)Cc1ccccc1Br. The largest absolute Gasteiger partial charge is 0.459 e. The molecule has 0 radical (unpaired) electrons. The van der Waals surface area contributed by atoms with E-state index in [4.69, 9.17) is 4.42 Å². The topological polar surface area (TPSA) is 69.9 Å². The number of benzene rings is 1. The van der Waals surface area contributed by atoms with Crippen LogP contribution in [0.15, 0.2) is 50.5 Å². The van der Waals surface area contributed by atoms with Crippen molar-refractivity contribution in [3.63, 3.8) is 0 Å². The Morgan fingerprint density at radius 2 is 2.04 bits per heavy atom. The fourth-order valence-corrected chi connectivity index (χ4v) is 2.99. The number of aliphatic imine (C=N–C) groups is 1.